The summed E-state index contributed by atoms with van der Waals surface area (Å²) in [7, 11) is 0. The second-order valence-electron chi connectivity index (χ2n) is 7.09. The summed E-state index contributed by atoms with van der Waals surface area (Å²) in [6.07, 6.45) is 3.38. The number of carbonyl (C=O) groups excluding carboxylic acids is 1. The van der Waals surface area contributed by atoms with Crippen molar-refractivity contribution in [1.29, 1.82) is 0 Å². The molecule has 0 saturated carbocycles. The third-order valence-electron chi connectivity index (χ3n) is 4.89. The van der Waals surface area contributed by atoms with Gasteiger partial charge in [-0.05, 0) is 37.1 Å². The van der Waals surface area contributed by atoms with Gasteiger partial charge in [0, 0.05) is 6.20 Å². The molecule has 2 aromatic heterocycles. The maximum atomic E-state index is 12.8. The van der Waals surface area contributed by atoms with Crippen LogP contribution in [-0.4, -0.2) is 20.8 Å². The third-order valence-corrected chi connectivity index (χ3v) is 5.21. The van der Waals surface area contributed by atoms with Crippen LogP contribution in [0.4, 0.5) is 5.69 Å². The average molecular weight is 437 g/mol. The maximum absolute atomic E-state index is 12.8. The van der Waals surface area contributed by atoms with Gasteiger partial charge in [-0.3, -0.25) is 9.48 Å². The van der Waals surface area contributed by atoms with E-state index in [0.717, 1.165) is 5.56 Å². The Morgan fingerprint density at radius 2 is 1.94 bits per heavy atom. The van der Waals surface area contributed by atoms with E-state index in [2.05, 4.69) is 34.6 Å². The van der Waals surface area contributed by atoms with Crippen molar-refractivity contribution in [2.75, 3.05) is 5.32 Å². The predicted molar refractivity (Wildman–Crippen MR) is 117 cm³/mol. The number of aryl methyl sites for hydroxylation is 2. The molecule has 4 rings (SSSR count). The molecule has 31 heavy (non-hydrogen) atoms. The van der Waals surface area contributed by atoms with Crippen LogP contribution in [0.3, 0.4) is 0 Å². The SMILES string of the molecule is Cc1ccccc1Cn1cc(NC(=O)c2noc(C)c2COc2ccccc2Cl)cn1. The Bertz CT molecular complexity index is 1220. The number of amides is 1. The molecule has 0 fully saturated rings. The van der Waals surface area contributed by atoms with E-state index in [9.17, 15) is 4.79 Å². The van der Waals surface area contributed by atoms with Crippen LogP contribution in [0.5, 0.6) is 5.75 Å². The first kappa shape index (κ1) is 20.7. The first-order valence-electron chi connectivity index (χ1n) is 9.72. The van der Waals surface area contributed by atoms with Crippen LogP contribution in [0, 0.1) is 13.8 Å². The molecule has 0 saturated heterocycles. The highest BCUT2D eigenvalue weighted by Crippen LogP contribution is 2.25. The summed E-state index contributed by atoms with van der Waals surface area (Å²) in [6.45, 7) is 4.51. The summed E-state index contributed by atoms with van der Waals surface area (Å²) in [5.74, 6) is 0.631. The lowest BCUT2D eigenvalue weighted by molar-refractivity contribution is 0.101. The molecule has 0 spiro atoms. The van der Waals surface area contributed by atoms with Crippen LogP contribution in [-0.2, 0) is 13.2 Å². The zero-order valence-corrected chi connectivity index (χ0v) is 17.9. The van der Waals surface area contributed by atoms with Gasteiger partial charge in [-0.15, -0.1) is 0 Å². The van der Waals surface area contributed by atoms with Crippen LogP contribution < -0.4 is 10.1 Å². The number of halogens is 1. The number of nitrogens with one attached hydrogen (secondary N) is 1. The van der Waals surface area contributed by atoms with E-state index in [-0.39, 0.29) is 12.3 Å². The molecule has 2 aromatic carbocycles. The van der Waals surface area contributed by atoms with E-state index in [0.29, 0.717) is 34.3 Å². The Morgan fingerprint density at radius 3 is 2.74 bits per heavy atom. The van der Waals surface area contributed by atoms with Crippen LogP contribution in [0.15, 0.2) is 65.4 Å². The number of anilines is 1. The number of para-hydroxylation sites is 1. The number of benzene rings is 2. The van der Waals surface area contributed by atoms with Crippen molar-refractivity contribution >= 4 is 23.2 Å². The van der Waals surface area contributed by atoms with Gasteiger partial charge < -0.3 is 14.6 Å². The minimum atomic E-state index is -0.398. The highest BCUT2D eigenvalue weighted by Gasteiger charge is 2.21. The first-order valence-corrected chi connectivity index (χ1v) is 10.1. The Labute approximate surface area is 184 Å². The summed E-state index contributed by atoms with van der Waals surface area (Å²) in [5, 5.41) is 11.5. The third kappa shape index (κ3) is 4.78. The van der Waals surface area contributed by atoms with Gasteiger partial charge in [0.05, 0.1) is 29.0 Å². The summed E-state index contributed by atoms with van der Waals surface area (Å²) in [4.78, 5) is 12.8. The van der Waals surface area contributed by atoms with Crippen molar-refractivity contribution in [3.63, 3.8) is 0 Å². The summed E-state index contributed by atoms with van der Waals surface area (Å²) in [6, 6.07) is 15.2. The topological polar surface area (TPSA) is 82.2 Å². The van der Waals surface area contributed by atoms with Gasteiger partial charge in [0.15, 0.2) is 5.69 Å². The molecule has 7 nitrogen and oxygen atoms in total. The van der Waals surface area contributed by atoms with E-state index < -0.39 is 5.91 Å². The van der Waals surface area contributed by atoms with Crippen molar-refractivity contribution in [2.45, 2.75) is 27.0 Å². The molecule has 0 aliphatic heterocycles. The van der Waals surface area contributed by atoms with Crippen molar-refractivity contribution < 1.29 is 14.1 Å². The van der Waals surface area contributed by atoms with Gasteiger partial charge in [0.25, 0.3) is 5.91 Å². The molecule has 0 aliphatic carbocycles. The second kappa shape index (κ2) is 9.06. The molecule has 0 atom stereocenters. The van der Waals surface area contributed by atoms with Crippen molar-refractivity contribution in [3.05, 3.63) is 94.1 Å². The number of hydrogen-bond acceptors (Lipinski definition) is 5. The predicted octanol–water partition coefficient (Wildman–Crippen LogP) is 5.02. The Morgan fingerprint density at radius 1 is 1.16 bits per heavy atom. The average Bonchev–Trinajstić information content (AvgIpc) is 3.35. The zero-order valence-electron chi connectivity index (χ0n) is 17.1. The fourth-order valence-corrected chi connectivity index (χ4v) is 3.31. The van der Waals surface area contributed by atoms with Crippen molar-refractivity contribution in [3.8, 4) is 5.75 Å². The Kier molecular flexibility index (Phi) is 6.04. The van der Waals surface area contributed by atoms with E-state index in [1.165, 1.54) is 5.56 Å². The quantitative estimate of drug-likeness (QED) is 0.439. The monoisotopic (exact) mass is 436 g/mol. The highest BCUT2D eigenvalue weighted by molar-refractivity contribution is 6.32. The number of ether oxygens (including phenoxy) is 1. The van der Waals surface area contributed by atoms with E-state index >= 15 is 0 Å². The molecule has 4 aromatic rings. The van der Waals surface area contributed by atoms with Crippen molar-refractivity contribution in [1.82, 2.24) is 14.9 Å². The van der Waals surface area contributed by atoms with E-state index in [1.807, 2.05) is 24.3 Å². The van der Waals surface area contributed by atoms with Gasteiger partial charge in [-0.1, -0.05) is 53.2 Å². The second-order valence-corrected chi connectivity index (χ2v) is 7.50. The summed E-state index contributed by atoms with van der Waals surface area (Å²) in [5.41, 5.74) is 3.64. The highest BCUT2D eigenvalue weighted by atomic mass is 35.5. The first-order chi connectivity index (χ1) is 15.0. The minimum Gasteiger partial charge on any atom is -0.487 e. The van der Waals surface area contributed by atoms with Gasteiger partial charge in [0.2, 0.25) is 0 Å². The van der Waals surface area contributed by atoms with Crippen molar-refractivity contribution in [2.24, 2.45) is 0 Å². The van der Waals surface area contributed by atoms with Crippen LogP contribution >= 0.6 is 11.6 Å². The lowest BCUT2D eigenvalue weighted by atomic mass is 10.1. The molecular formula is C23H21ClN4O3. The minimum absolute atomic E-state index is 0.106. The lowest BCUT2D eigenvalue weighted by Crippen LogP contribution is -2.15. The van der Waals surface area contributed by atoms with Crippen LogP contribution in [0.1, 0.15) is 32.9 Å². The normalized spacial score (nSPS) is 10.8. The fraction of sp³-hybridized carbons (Fsp3) is 0.174. The standard InChI is InChI=1S/C23H21ClN4O3/c1-15-7-3-4-8-17(15)12-28-13-18(11-25-28)26-23(29)22-19(16(2)31-27-22)14-30-21-10-6-5-9-20(21)24/h3-11,13H,12,14H2,1-2H3,(H,26,29). The number of rotatable bonds is 7. The smallest absolute Gasteiger partial charge is 0.278 e. The van der Waals surface area contributed by atoms with Gasteiger partial charge in [0.1, 0.15) is 18.1 Å². The largest absolute Gasteiger partial charge is 0.487 e. The van der Waals surface area contributed by atoms with Gasteiger partial charge in [-0.25, -0.2) is 0 Å². The molecule has 0 bridgehead atoms. The zero-order chi connectivity index (χ0) is 21.8. The van der Waals surface area contributed by atoms with E-state index in [4.69, 9.17) is 20.9 Å². The molecular weight excluding hydrogens is 416 g/mol. The number of nitrogens with zero attached hydrogens (tertiary/aromatic N) is 3. The number of aromatic nitrogens is 3. The molecule has 2 heterocycles. The Balaban J connectivity index is 1.44. The summed E-state index contributed by atoms with van der Waals surface area (Å²) >= 11 is 6.13. The van der Waals surface area contributed by atoms with E-state index in [1.54, 1.807) is 36.1 Å². The molecule has 1 amide bonds. The summed E-state index contributed by atoms with van der Waals surface area (Å²) < 4.78 is 12.8. The van der Waals surface area contributed by atoms with Gasteiger partial charge in [-0.2, -0.15) is 5.10 Å². The van der Waals surface area contributed by atoms with Crippen LogP contribution in [0.25, 0.3) is 0 Å². The van der Waals surface area contributed by atoms with Crippen LogP contribution in [0.2, 0.25) is 5.02 Å². The van der Waals surface area contributed by atoms with Gasteiger partial charge >= 0.3 is 0 Å². The molecule has 0 radical (unpaired) electrons. The maximum Gasteiger partial charge on any atom is 0.278 e. The lowest BCUT2D eigenvalue weighted by Gasteiger charge is -2.08. The number of carbonyl (C=O) groups is 1. The molecule has 158 valence electrons. The molecule has 1 N–H and O–H groups in total. The number of hydrogen-bond donors (Lipinski definition) is 1. The molecule has 0 unspecified atom stereocenters. The Hall–Kier alpha value is -3.58. The molecule has 0 aliphatic rings. The molecule has 8 heteroatoms. The fourth-order valence-electron chi connectivity index (χ4n) is 3.12.